The first-order valence-corrected chi connectivity index (χ1v) is 4.01. The molecular formula is C10H10FNO2. The van der Waals surface area contributed by atoms with Crippen molar-refractivity contribution in [1.29, 1.82) is 5.26 Å². The van der Waals surface area contributed by atoms with E-state index in [1.807, 2.05) is 6.07 Å². The number of ether oxygens (including phenoxy) is 2. The van der Waals surface area contributed by atoms with Crippen molar-refractivity contribution in [2.45, 2.75) is 6.92 Å². The summed E-state index contributed by atoms with van der Waals surface area (Å²) < 4.78 is 22.7. The molecule has 0 unspecified atom stereocenters. The lowest BCUT2D eigenvalue weighted by molar-refractivity contribution is 0.0503. The smallest absolute Gasteiger partial charge is 0.188 e. The third kappa shape index (κ3) is 2.21. The Morgan fingerprint density at radius 3 is 2.79 bits per heavy atom. The maximum atomic E-state index is 12.9. The molecule has 0 aliphatic rings. The maximum Gasteiger partial charge on any atom is 0.188 e. The number of hydrogen-bond acceptors (Lipinski definition) is 3. The number of nitrogens with zero attached hydrogens (tertiary/aromatic N) is 1. The second-order valence-electron chi connectivity index (χ2n) is 2.76. The van der Waals surface area contributed by atoms with Crippen molar-refractivity contribution in [2.75, 3.05) is 13.9 Å². The van der Waals surface area contributed by atoms with Crippen LogP contribution in [0.1, 0.15) is 11.1 Å². The van der Waals surface area contributed by atoms with E-state index in [4.69, 9.17) is 14.7 Å². The Morgan fingerprint density at radius 1 is 1.50 bits per heavy atom. The normalized spacial score (nSPS) is 9.57. The molecule has 0 N–H and O–H groups in total. The monoisotopic (exact) mass is 195 g/mol. The zero-order valence-corrected chi connectivity index (χ0v) is 8.00. The van der Waals surface area contributed by atoms with Crippen LogP contribution in [0.3, 0.4) is 0 Å². The first-order chi connectivity index (χ1) is 6.69. The highest BCUT2D eigenvalue weighted by molar-refractivity contribution is 5.48. The second kappa shape index (κ2) is 4.58. The molecule has 0 amide bonds. The van der Waals surface area contributed by atoms with Crippen LogP contribution in [0.15, 0.2) is 12.1 Å². The molecule has 0 radical (unpaired) electrons. The Hall–Kier alpha value is -1.60. The quantitative estimate of drug-likeness (QED) is 0.692. The molecule has 0 saturated carbocycles. The predicted octanol–water partition coefficient (Wildman–Crippen LogP) is 1.99. The Balaban J connectivity index is 3.07. The number of rotatable bonds is 3. The van der Waals surface area contributed by atoms with Gasteiger partial charge in [-0.1, -0.05) is 0 Å². The van der Waals surface area contributed by atoms with E-state index in [1.54, 1.807) is 6.92 Å². The summed E-state index contributed by atoms with van der Waals surface area (Å²) in [6.07, 6.45) is 0. The zero-order valence-electron chi connectivity index (χ0n) is 8.00. The van der Waals surface area contributed by atoms with Gasteiger partial charge in [0.05, 0.1) is 5.56 Å². The van der Waals surface area contributed by atoms with E-state index in [0.717, 1.165) is 6.07 Å². The fraction of sp³-hybridized carbons (Fsp3) is 0.300. The molecule has 1 aromatic carbocycles. The average Bonchev–Trinajstić information content (AvgIpc) is 2.15. The highest BCUT2D eigenvalue weighted by Gasteiger charge is 2.09. The molecule has 1 aromatic rings. The molecule has 0 aromatic heterocycles. The molecular weight excluding hydrogens is 185 g/mol. The van der Waals surface area contributed by atoms with Crippen LogP contribution < -0.4 is 4.74 Å². The van der Waals surface area contributed by atoms with E-state index >= 15 is 0 Å². The number of halogens is 1. The summed E-state index contributed by atoms with van der Waals surface area (Å²) in [7, 11) is 1.48. The summed E-state index contributed by atoms with van der Waals surface area (Å²) in [6, 6.07) is 4.31. The van der Waals surface area contributed by atoms with Crippen LogP contribution >= 0.6 is 0 Å². The van der Waals surface area contributed by atoms with E-state index < -0.39 is 5.82 Å². The molecule has 0 fully saturated rings. The second-order valence-corrected chi connectivity index (χ2v) is 2.76. The van der Waals surface area contributed by atoms with Crippen LogP contribution in [0.5, 0.6) is 5.75 Å². The molecule has 0 aliphatic carbocycles. The van der Waals surface area contributed by atoms with Gasteiger partial charge in [-0.15, -0.1) is 0 Å². The third-order valence-corrected chi connectivity index (χ3v) is 1.68. The Morgan fingerprint density at radius 2 is 2.21 bits per heavy atom. The van der Waals surface area contributed by atoms with E-state index in [0.29, 0.717) is 11.3 Å². The van der Waals surface area contributed by atoms with Gasteiger partial charge in [0.15, 0.2) is 6.79 Å². The van der Waals surface area contributed by atoms with Crippen molar-refractivity contribution in [3.8, 4) is 11.8 Å². The van der Waals surface area contributed by atoms with Gasteiger partial charge in [0.1, 0.15) is 17.6 Å². The van der Waals surface area contributed by atoms with Crippen LogP contribution in [-0.2, 0) is 4.74 Å². The zero-order chi connectivity index (χ0) is 10.6. The van der Waals surface area contributed by atoms with Gasteiger partial charge in [-0.05, 0) is 24.6 Å². The molecule has 3 nitrogen and oxygen atoms in total. The lowest BCUT2D eigenvalue weighted by atomic mass is 10.1. The van der Waals surface area contributed by atoms with Crippen LogP contribution in [0.4, 0.5) is 4.39 Å². The highest BCUT2D eigenvalue weighted by Crippen LogP contribution is 2.24. The summed E-state index contributed by atoms with van der Waals surface area (Å²) in [6.45, 7) is 1.72. The Bertz CT molecular complexity index is 371. The molecule has 4 heteroatoms. The standard InChI is InChI=1S/C10H10FNO2/c1-7-3-9(11)4-8(5-12)10(7)14-6-13-2/h3-4H,6H2,1-2H3. The molecule has 0 spiro atoms. The molecule has 0 bridgehead atoms. The molecule has 0 aliphatic heterocycles. The summed E-state index contributed by atoms with van der Waals surface area (Å²) in [4.78, 5) is 0. The lowest BCUT2D eigenvalue weighted by Gasteiger charge is -2.09. The van der Waals surface area contributed by atoms with E-state index in [1.165, 1.54) is 13.2 Å². The summed E-state index contributed by atoms with van der Waals surface area (Å²) in [5.41, 5.74) is 0.762. The Kier molecular flexibility index (Phi) is 3.43. The van der Waals surface area contributed by atoms with Gasteiger partial charge in [-0.25, -0.2) is 4.39 Å². The fourth-order valence-electron chi connectivity index (χ4n) is 1.12. The predicted molar refractivity (Wildman–Crippen MR) is 48.4 cm³/mol. The summed E-state index contributed by atoms with van der Waals surface area (Å²) in [5.74, 6) is -0.0698. The lowest BCUT2D eigenvalue weighted by Crippen LogP contribution is -2.02. The molecule has 14 heavy (non-hydrogen) atoms. The minimum Gasteiger partial charge on any atom is -0.466 e. The first-order valence-electron chi connectivity index (χ1n) is 4.01. The van der Waals surface area contributed by atoms with E-state index in [2.05, 4.69) is 0 Å². The molecule has 1 rings (SSSR count). The number of aryl methyl sites for hydroxylation is 1. The SMILES string of the molecule is COCOc1c(C)cc(F)cc1C#N. The van der Waals surface area contributed by atoms with Crippen molar-refractivity contribution < 1.29 is 13.9 Å². The molecule has 0 heterocycles. The average molecular weight is 195 g/mol. The van der Waals surface area contributed by atoms with Gasteiger partial charge in [0.25, 0.3) is 0 Å². The van der Waals surface area contributed by atoms with Crippen molar-refractivity contribution >= 4 is 0 Å². The van der Waals surface area contributed by atoms with Gasteiger partial charge in [0.2, 0.25) is 0 Å². The number of nitriles is 1. The van der Waals surface area contributed by atoms with Crippen molar-refractivity contribution in [3.05, 3.63) is 29.1 Å². The van der Waals surface area contributed by atoms with Crippen LogP contribution in [0.25, 0.3) is 0 Å². The summed E-state index contributed by atoms with van der Waals surface area (Å²) in [5, 5.41) is 8.73. The highest BCUT2D eigenvalue weighted by atomic mass is 19.1. The largest absolute Gasteiger partial charge is 0.466 e. The van der Waals surface area contributed by atoms with Crippen molar-refractivity contribution in [1.82, 2.24) is 0 Å². The molecule has 0 atom stereocenters. The summed E-state index contributed by atoms with van der Waals surface area (Å²) >= 11 is 0. The van der Waals surface area contributed by atoms with Crippen LogP contribution in [0.2, 0.25) is 0 Å². The minimum absolute atomic E-state index is 0.0428. The first kappa shape index (κ1) is 10.5. The topological polar surface area (TPSA) is 42.2 Å². The van der Waals surface area contributed by atoms with E-state index in [9.17, 15) is 4.39 Å². The number of methoxy groups -OCH3 is 1. The third-order valence-electron chi connectivity index (χ3n) is 1.68. The van der Waals surface area contributed by atoms with Gasteiger partial charge in [-0.3, -0.25) is 0 Å². The number of hydrogen-bond donors (Lipinski definition) is 0. The number of benzene rings is 1. The van der Waals surface area contributed by atoms with Gasteiger partial charge in [0, 0.05) is 7.11 Å². The van der Waals surface area contributed by atoms with Crippen molar-refractivity contribution in [2.24, 2.45) is 0 Å². The minimum atomic E-state index is -0.441. The van der Waals surface area contributed by atoms with Crippen LogP contribution in [-0.4, -0.2) is 13.9 Å². The van der Waals surface area contributed by atoms with Gasteiger partial charge < -0.3 is 9.47 Å². The maximum absolute atomic E-state index is 12.9. The van der Waals surface area contributed by atoms with E-state index in [-0.39, 0.29) is 12.4 Å². The van der Waals surface area contributed by atoms with Gasteiger partial charge in [-0.2, -0.15) is 5.26 Å². The van der Waals surface area contributed by atoms with Crippen molar-refractivity contribution in [3.63, 3.8) is 0 Å². The Labute approximate surface area is 81.7 Å². The fourth-order valence-corrected chi connectivity index (χ4v) is 1.12. The molecule has 74 valence electrons. The van der Waals surface area contributed by atoms with Crippen LogP contribution in [0, 0.1) is 24.1 Å². The molecule has 0 saturated heterocycles. The van der Waals surface area contributed by atoms with Gasteiger partial charge >= 0.3 is 0 Å².